The number of nitrogens with one attached hydrogen (secondary N) is 1. The molecule has 1 saturated carbocycles. The topological polar surface area (TPSA) is 71.8 Å². The molecule has 2 heterocycles. The summed E-state index contributed by atoms with van der Waals surface area (Å²) in [5.41, 5.74) is 9.54. The quantitative estimate of drug-likeness (QED) is 0.679. The molecule has 1 fully saturated rings. The average Bonchev–Trinajstić information content (AvgIpc) is 3.14. The summed E-state index contributed by atoms with van der Waals surface area (Å²) in [5.74, 6) is 0.719. The zero-order valence-electron chi connectivity index (χ0n) is 16.1. The maximum atomic E-state index is 13.2. The summed E-state index contributed by atoms with van der Waals surface area (Å²) in [6.07, 6.45) is 6.12. The summed E-state index contributed by atoms with van der Waals surface area (Å²) >= 11 is 0. The number of fused-ring (bicyclic) bond motifs is 1. The molecular weight excluding hydrogens is 353 g/mol. The number of rotatable bonds is 5. The van der Waals surface area contributed by atoms with Crippen LogP contribution in [0.15, 0.2) is 42.6 Å². The molecule has 1 aromatic carbocycles. The van der Waals surface area contributed by atoms with Crippen LogP contribution < -0.4 is 5.73 Å². The van der Waals surface area contributed by atoms with Gasteiger partial charge in [-0.3, -0.25) is 4.79 Å². The van der Waals surface area contributed by atoms with E-state index in [1.54, 1.807) is 18.3 Å². The van der Waals surface area contributed by atoms with Crippen LogP contribution in [0.4, 0.5) is 4.39 Å². The van der Waals surface area contributed by atoms with Gasteiger partial charge in [-0.25, -0.2) is 9.37 Å². The van der Waals surface area contributed by atoms with E-state index in [1.807, 2.05) is 12.1 Å². The normalized spacial score (nSPS) is 21.0. The highest BCUT2D eigenvalue weighted by molar-refractivity contribution is 5.91. The number of nitrogens with zero attached hydrogens (tertiary/aromatic N) is 1. The molecule has 1 atom stereocenters. The number of carbonyl (C=O) groups is 1. The molecule has 3 aromatic rings. The zero-order chi connectivity index (χ0) is 19.7. The molecule has 4 nitrogen and oxygen atoms in total. The van der Waals surface area contributed by atoms with Crippen LogP contribution in [0.25, 0.3) is 22.3 Å². The van der Waals surface area contributed by atoms with Gasteiger partial charge in [-0.1, -0.05) is 0 Å². The van der Waals surface area contributed by atoms with Gasteiger partial charge in [0.15, 0.2) is 0 Å². The van der Waals surface area contributed by atoms with Crippen LogP contribution in [0.1, 0.15) is 38.2 Å². The van der Waals surface area contributed by atoms with E-state index in [4.69, 9.17) is 5.73 Å². The van der Waals surface area contributed by atoms with Crippen LogP contribution in [-0.2, 0) is 11.2 Å². The Hall–Kier alpha value is -2.53. The Morgan fingerprint density at radius 3 is 2.61 bits per heavy atom. The van der Waals surface area contributed by atoms with E-state index in [9.17, 15) is 9.18 Å². The first kappa shape index (κ1) is 18.8. The fourth-order valence-corrected chi connectivity index (χ4v) is 4.32. The lowest BCUT2D eigenvalue weighted by atomic mass is 9.76. The van der Waals surface area contributed by atoms with Gasteiger partial charge in [0.2, 0.25) is 0 Å². The number of hydrogen-bond acceptors (Lipinski definition) is 3. The molecule has 0 aliphatic heterocycles. The minimum Gasteiger partial charge on any atom is -0.339 e. The van der Waals surface area contributed by atoms with Crippen LogP contribution in [0.3, 0.4) is 0 Å². The number of carbonyl (C=O) groups excluding carboxylic acids is 1. The fourth-order valence-electron chi connectivity index (χ4n) is 4.32. The van der Waals surface area contributed by atoms with E-state index >= 15 is 0 Å². The molecule has 0 spiro atoms. The van der Waals surface area contributed by atoms with Gasteiger partial charge in [0.1, 0.15) is 17.2 Å². The van der Waals surface area contributed by atoms with Crippen molar-refractivity contribution in [1.82, 2.24) is 9.97 Å². The van der Waals surface area contributed by atoms with Crippen LogP contribution >= 0.6 is 0 Å². The van der Waals surface area contributed by atoms with Gasteiger partial charge in [-0.05, 0) is 86.1 Å². The molecule has 28 heavy (non-hydrogen) atoms. The van der Waals surface area contributed by atoms with Crippen molar-refractivity contribution in [3.05, 3.63) is 54.0 Å². The fraction of sp³-hybridized carbons (Fsp3) is 0.391. The molecule has 5 heteroatoms. The van der Waals surface area contributed by atoms with Crippen molar-refractivity contribution in [2.24, 2.45) is 17.6 Å². The van der Waals surface area contributed by atoms with Crippen molar-refractivity contribution in [2.45, 2.75) is 45.1 Å². The van der Waals surface area contributed by atoms with Gasteiger partial charge >= 0.3 is 0 Å². The van der Waals surface area contributed by atoms with E-state index in [0.717, 1.165) is 53.5 Å². The molecule has 0 saturated heterocycles. The first-order valence-corrected chi connectivity index (χ1v) is 10.0. The van der Waals surface area contributed by atoms with E-state index in [2.05, 4.69) is 16.9 Å². The number of pyridine rings is 1. The SMILES string of the molecule is C[C@@H](N)C1CCC(C(=O)Cc2ccnc3[nH]c(-c4ccc(F)cc4)cc23)CC1. The number of ketones is 1. The predicted octanol–water partition coefficient (Wildman–Crippen LogP) is 4.63. The maximum absolute atomic E-state index is 13.2. The summed E-state index contributed by atoms with van der Waals surface area (Å²) in [6.45, 7) is 2.06. The Balaban J connectivity index is 1.52. The van der Waals surface area contributed by atoms with Crippen molar-refractivity contribution >= 4 is 16.8 Å². The smallest absolute Gasteiger partial charge is 0.140 e. The summed E-state index contributed by atoms with van der Waals surface area (Å²) in [7, 11) is 0. The van der Waals surface area contributed by atoms with Crippen LogP contribution in [0.5, 0.6) is 0 Å². The van der Waals surface area contributed by atoms with Crippen molar-refractivity contribution < 1.29 is 9.18 Å². The first-order valence-electron chi connectivity index (χ1n) is 10.0. The molecule has 146 valence electrons. The summed E-state index contributed by atoms with van der Waals surface area (Å²) < 4.78 is 13.2. The minimum atomic E-state index is -0.261. The number of halogens is 1. The summed E-state index contributed by atoms with van der Waals surface area (Å²) in [5, 5.41) is 0.958. The number of hydrogen-bond donors (Lipinski definition) is 2. The van der Waals surface area contributed by atoms with Crippen molar-refractivity contribution in [1.29, 1.82) is 0 Å². The third kappa shape index (κ3) is 3.85. The molecule has 2 aromatic heterocycles. The van der Waals surface area contributed by atoms with Crippen LogP contribution in [0.2, 0.25) is 0 Å². The Bertz CT molecular complexity index is 969. The third-order valence-electron chi connectivity index (χ3n) is 6.11. The standard InChI is InChI=1S/C23H26FN3O/c1-14(25)15-2-4-17(5-3-15)22(28)12-18-10-11-26-23-20(18)13-21(27-23)16-6-8-19(24)9-7-16/h6-11,13-15,17H,2-5,12,25H2,1H3,(H,26,27)/t14-,15?,17?/m1/s1. The number of H-pyrrole nitrogens is 1. The third-order valence-corrected chi connectivity index (χ3v) is 6.11. The van der Waals surface area contributed by atoms with E-state index < -0.39 is 0 Å². The number of Topliss-reactive ketones (excluding diaryl/α,β-unsaturated/α-hetero) is 1. The highest BCUT2D eigenvalue weighted by Crippen LogP contribution is 2.32. The van der Waals surface area contributed by atoms with E-state index in [0.29, 0.717) is 18.1 Å². The number of aromatic amines is 1. The molecule has 4 rings (SSSR count). The minimum absolute atomic E-state index is 0.133. The van der Waals surface area contributed by atoms with Gasteiger partial charge in [-0.15, -0.1) is 0 Å². The lowest BCUT2D eigenvalue weighted by Gasteiger charge is -2.30. The molecule has 0 amide bonds. The average molecular weight is 379 g/mol. The van der Waals surface area contributed by atoms with Crippen molar-refractivity contribution in [3.8, 4) is 11.3 Å². The molecule has 1 aliphatic rings. The maximum Gasteiger partial charge on any atom is 0.140 e. The lowest BCUT2D eigenvalue weighted by Crippen LogP contribution is -2.32. The molecule has 0 unspecified atom stereocenters. The molecule has 3 N–H and O–H groups in total. The Labute approximate surface area is 164 Å². The highest BCUT2D eigenvalue weighted by atomic mass is 19.1. The highest BCUT2D eigenvalue weighted by Gasteiger charge is 2.28. The summed E-state index contributed by atoms with van der Waals surface area (Å²) in [6, 6.07) is 10.5. The molecule has 1 aliphatic carbocycles. The first-order chi connectivity index (χ1) is 13.5. The van der Waals surface area contributed by atoms with E-state index in [1.165, 1.54) is 12.1 Å². The Morgan fingerprint density at radius 1 is 1.21 bits per heavy atom. The Kier molecular flexibility index (Phi) is 5.27. The molecular formula is C23H26FN3O. The van der Waals surface area contributed by atoms with E-state index in [-0.39, 0.29) is 17.8 Å². The monoisotopic (exact) mass is 379 g/mol. The second-order valence-electron chi connectivity index (χ2n) is 8.04. The van der Waals surface area contributed by atoms with Gasteiger partial charge in [0.05, 0.1) is 0 Å². The van der Waals surface area contributed by atoms with Crippen molar-refractivity contribution in [3.63, 3.8) is 0 Å². The van der Waals surface area contributed by atoms with Gasteiger partial charge in [-0.2, -0.15) is 0 Å². The second kappa shape index (κ2) is 7.84. The number of aromatic nitrogens is 2. The van der Waals surface area contributed by atoms with Crippen LogP contribution in [-0.4, -0.2) is 21.8 Å². The Morgan fingerprint density at radius 2 is 1.93 bits per heavy atom. The number of benzene rings is 1. The number of nitrogens with two attached hydrogens (primary N) is 1. The lowest BCUT2D eigenvalue weighted by molar-refractivity contribution is -0.123. The summed E-state index contributed by atoms with van der Waals surface area (Å²) in [4.78, 5) is 20.6. The molecule has 0 bridgehead atoms. The van der Waals surface area contributed by atoms with Gasteiger partial charge in [0.25, 0.3) is 0 Å². The second-order valence-corrected chi connectivity index (χ2v) is 8.04. The van der Waals surface area contributed by atoms with Crippen LogP contribution in [0, 0.1) is 17.7 Å². The van der Waals surface area contributed by atoms with Crippen molar-refractivity contribution in [2.75, 3.05) is 0 Å². The van der Waals surface area contributed by atoms with Gasteiger partial charge in [0, 0.05) is 35.7 Å². The zero-order valence-corrected chi connectivity index (χ0v) is 16.1. The molecule has 0 radical (unpaired) electrons. The largest absolute Gasteiger partial charge is 0.339 e. The van der Waals surface area contributed by atoms with Gasteiger partial charge < -0.3 is 10.7 Å². The predicted molar refractivity (Wildman–Crippen MR) is 109 cm³/mol.